The number of halogens is 1. The highest BCUT2D eigenvalue weighted by Gasteiger charge is 2.20. The molecule has 0 saturated carbocycles. The molecule has 1 aliphatic heterocycles. The van der Waals surface area contributed by atoms with Crippen molar-refractivity contribution in [2.75, 3.05) is 39.8 Å². The van der Waals surface area contributed by atoms with Gasteiger partial charge in [0.05, 0.1) is 7.11 Å². The van der Waals surface area contributed by atoms with Crippen molar-refractivity contribution < 1.29 is 13.9 Å². The summed E-state index contributed by atoms with van der Waals surface area (Å²) in [4.78, 5) is 16.7. The molecule has 1 heterocycles. The molecule has 0 bridgehead atoms. The number of hydrogen-bond acceptors (Lipinski definition) is 3. The topological polar surface area (TPSA) is 32.8 Å². The summed E-state index contributed by atoms with van der Waals surface area (Å²) in [7, 11) is 1.65. The maximum atomic E-state index is 13.7. The summed E-state index contributed by atoms with van der Waals surface area (Å²) < 4.78 is 18.9. The number of nitrogens with zero attached hydrogens (tertiary/aromatic N) is 2. The van der Waals surface area contributed by atoms with Crippen LogP contribution < -0.4 is 4.74 Å². The van der Waals surface area contributed by atoms with Crippen molar-refractivity contribution in [3.05, 3.63) is 65.5 Å². The van der Waals surface area contributed by atoms with E-state index in [9.17, 15) is 9.18 Å². The van der Waals surface area contributed by atoms with Gasteiger partial charge in [-0.3, -0.25) is 9.69 Å². The fraction of sp³-hybridized carbons (Fsp3) is 0.409. The number of piperazine rings is 1. The summed E-state index contributed by atoms with van der Waals surface area (Å²) in [6.45, 7) is 4.03. The number of amides is 1. The standard InChI is InChI=1S/C22H27FN2O2/c1-27-20-9-6-18(7-10-20)8-11-22(26)25-16-14-24(15-17-25)13-12-19-4-2-3-5-21(19)23/h2-7,9-10H,8,11-17H2,1H3. The monoisotopic (exact) mass is 370 g/mol. The number of rotatable bonds is 7. The van der Waals surface area contributed by atoms with Gasteiger partial charge in [-0.1, -0.05) is 30.3 Å². The lowest BCUT2D eigenvalue weighted by molar-refractivity contribution is -0.132. The molecular weight excluding hydrogens is 343 g/mol. The van der Waals surface area contributed by atoms with E-state index in [1.807, 2.05) is 41.3 Å². The zero-order valence-electron chi connectivity index (χ0n) is 15.9. The minimum Gasteiger partial charge on any atom is -0.497 e. The molecule has 27 heavy (non-hydrogen) atoms. The van der Waals surface area contributed by atoms with Gasteiger partial charge in [-0.15, -0.1) is 0 Å². The summed E-state index contributed by atoms with van der Waals surface area (Å²) in [5, 5.41) is 0. The Labute approximate surface area is 160 Å². The Hall–Kier alpha value is -2.40. The van der Waals surface area contributed by atoms with Crippen LogP contribution >= 0.6 is 0 Å². The predicted molar refractivity (Wildman–Crippen MR) is 104 cm³/mol. The van der Waals surface area contributed by atoms with Crippen LogP contribution in [-0.2, 0) is 17.6 Å². The van der Waals surface area contributed by atoms with Crippen molar-refractivity contribution in [3.63, 3.8) is 0 Å². The molecule has 3 rings (SSSR count). The third kappa shape index (κ3) is 5.54. The summed E-state index contributed by atoms with van der Waals surface area (Å²) in [5.41, 5.74) is 1.91. The van der Waals surface area contributed by atoms with Gasteiger partial charge in [0.2, 0.25) is 5.91 Å². The third-order valence-corrected chi connectivity index (χ3v) is 5.17. The van der Waals surface area contributed by atoms with Gasteiger partial charge in [-0.25, -0.2) is 4.39 Å². The van der Waals surface area contributed by atoms with Crippen LogP contribution in [0.2, 0.25) is 0 Å². The fourth-order valence-electron chi connectivity index (χ4n) is 3.40. The molecule has 0 radical (unpaired) electrons. The SMILES string of the molecule is COc1ccc(CCC(=O)N2CCN(CCc3ccccc3F)CC2)cc1. The Morgan fingerprint density at radius 3 is 2.37 bits per heavy atom. The van der Waals surface area contributed by atoms with Crippen molar-refractivity contribution in [1.29, 1.82) is 0 Å². The second-order valence-corrected chi connectivity index (χ2v) is 6.91. The summed E-state index contributed by atoms with van der Waals surface area (Å²) in [6, 6.07) is 14.8. The number of aryl methyl sites for hydroxylation is 1. The second-order valence-electron chi connectivity index (χ2n) is 6.91. The number of methoxy groups -OCH3 is 1. The Morgan fingerprint density at radius 2 is 1.70 bits per heavy atom. The predicted octanol–water partition coefficient (Wildman–Crippen LogP) is 3.15. The molecule has 0 aliphatic carbocycles. The molecule has 0 spiro atoms. The van der Waals surface area contributed by atoms with E-state index >= 15 is 0 Å². The summed E-state index contributed by atoms with van der Waals surface area (Å²) in [5.74, 6) is 0.904. The van der Waals surface area contributed by atoms with E-state index in [2.05, 4.69) is 4.90 Å². The first-order valence-electron chi connectivity index (χ1n) is 9.52. The molecule has 1 saturated heterocycles. The van der Waals surface area contributed by atoms with Crippen LogP contribution in [0.25, 0.3) is 0 Å². The number of hydrogen-bond donors (Lipinski definition) is 0. The molecule has 5 heteroatoms. The zero-order valence-corrected chi connectivity index (χ0v) is 15.9. The molecule has 1 aliphatic rings. The van der Waals surface area contributed by atoms with Crippen molar-refractivity contribution in [2.24, 2.45) is 0 Å². The number of benzene rings is 2. The van der Waals surface area contributed by atoms with Gasteiger partial charge in [0, 0.05) is 39.1 Å². The normalized spacial score (nSPS) is 15.0. The molecule has 0 unspecified atom stereocenters. The number of carbonyl (C=O) groups excluding carboxylic acids is 1. The molecule has 2 aromatic carbocycles. The largest absolute Gasteiger partial charge is 0.497 e. The van der Waals surface area contributed by atoms with E-state index in [1.165, 1.54) is 6.07 Å². The first-order valence-corrected chi connectivity index (χ1v) is 9.52. The van der Waals surface area contributed by atoms with Crippen LogP contribution in [0.15, 0.2) is 48.5 Å². The maximum absolute atomic E-state index is 13.7. The van der Waals surface area contributed by atoms with Gasteiger partial charge in [-0.05, 0) is 42.2 Å². The van der Waals surface area contributed by atoms with Gasteiger partial charge >= 0.3 is 0 Å². The molecule has 0 aromatic heterocycles. The van der Waals surface area contributed by atoms with Crippen LogP contribution in [-0.4, -0.2) is 55.5 Å². The molecule has 1 amide bonds. The summed E-state index contributed by atoms with van der Waals surface area (Å²) >= 11 is 0. The van der Waals surface area contributed by atoms with E-state index in [0.717, 1.165) is 56.0 Å². The molecule has 4 nitrogen and oxygen atoms in total. The molecule has 0 atom stereocenters. The van der Waals surface area contributed by atoms with Gasteiger partial charge in [0.15, 0.2) is 0 Å². The zero-order chi connectivity index (χ0) is 19.1. The van der Waals surface area contributed by atoms with Gasteiger partial charge < -0.3 is 9.64 Å². The maximum Gasteiger partial charge on any atom is 0.222 e. The smallest absolute Gasteiger partial charge is 0.222 e. The van der Waals surface area contributed by atoms with Crippen molar-refractivity contribution in [3.8, 4) is 5.75 Å². The lowest BCUT2D eigenvalue weighted by atomic mass is 10.1. The molecule has 0 N–H and O–H groups in total. The average molecular weight is 370 g/mol. The van der Waals surface area contributed by atoms with Crippen molar-refractivity contribution in [1.82, 2.24) is 9.80 Å². The number of ether oxygens (including phenoxy) is 1. The molecule has 1 fully saturated rings. The van der Waals surface area contributed by atoms with Crippen molar-refractivity contribution in [2.45, 2.75) is 19.3 Å². The Bertz CT molecular complexity index is 740. The highest BCUT2D eigenvalue weighted by molar-refractivity contribution is 5.76. The fourth-order valence-corrected chi connectivity index (χ4v) is 3.40. The Kier molecular flexibility index (Phi) is 6.82. The Balaban J connectivity index is 1.39. The van der Waals surface area contributed by atoms with Gasteiger partial charge in [0.25, 0.3) is 0 Å². The highest BCUT2D eigenvalue weighted by atomic mass is 19.1. The van der Waals surface area contributed by atoms with Crippen LogP contribution in [0.3, 0.4) is 0 Å². The van der Waals surface area contributed by atoms with Gasteiger partial charge in [0.1, 0.15) is 11.6 Å². The van der Waals surface area contributed by atoms with Crippen LogP contribution in [0.5, 0.6) is 5.75 Å². The van der Waals surface area contributed by atoms with Crippen LogP contribution in [0.4, 0.5) is 4.39 Å². The van der Waals surface area contributed by atoms with E-state index in [1.54, 1.807) is 13.2 Å². The van der Waals surface area contributed by atoms with E-state index in [4.69, 9.17) is 4.74 Å². The van der Waals surface area contributed by atoms with E-state index in [0.29, 0.717) is 12.8 Å². The Morgan fingerprint density at radius 1 is 1.00 bits per heavy atom. The van der Waals surface area contributed by atoms with Crippen molar-refractivity contribution >= 4 is 5.91 Å². The van der Waals surface area contributed by atoms with E-state index < -0.39 is 0 Å². The molecule has 2 aromatic rings. The van der Waals surface area contributed by atoms with Crippen LogP contribution in [0, 0.1) is 5.82 Å². The average Bonchev–Trinajstić information content (AvgIpc) is 2.72. The summed E-state index contributed by atoms with van der Waals surface area (Å²) in [6.07, 6.45) is 1.98. The van der Waals surface area contributed by atoms with Crippen LogP contribution in [0.1, 0.15) is 17.5 Å². The quantitative estimate of drug-likeness (QED) is 0.751. The number of carbonyl (C=O) groups is 1. The second kappa shape index (κ2) is 9.51. The molecular formula is C22H27FN2O2. The minimum absolute atomic E-state index is 0.134. The lowest BCUT2D eigenvalue weighted by Crippen LogP contribution is -2.49. The first kappa shape index (κ1) is 19.4. The lowest BCUT2D eigenvalue weighted by Gasteiger charge is -2.34. The first-order chi connectivity index (χ1) is 13.2. The highest BCUT2D eigenvalue weighted by Crippen LogP contribution is 2.14. The molecule has 144 valence electrons. The van der Waals surface area contributed by atoms with E-state index in [-0.39, 0.29) is 11.7 Å². The third-order valence-electron chi connectivity index (χ3n) is 5.17. The minimum atomic E-state index is -0.134. The van der Waals surface area contributed by atoms with Gasteiger partial charge in [-0.2, -0.15) is 0 Å².